The molecule has 3 rings (SSSR count). The van der Waals surface area contributed by atoms with Crippen molar-refractivity contribution in [1.82, 2.24) is 0 Å². The summed E-state index contributed by atoms with van der Waals surface area (Å²) in [4.78, 5) is 0. The molecule has 7 heteroatoms. The van der Waals surface area contributed by atoms with E-state index in [0.29, 0.717) is 26.1 Å². The summed E-state index contributed by atoms with van der Waals surface area (Å²) in [5.74, 6) is 0. The number of hydrogen-bond acceptors (Lipinski definition) is 6. The molecule has 2 N–H and O–H groups in total. The average molecular weight is 702 g/mol. The van der Waals surface area contributed by atoms with Gasteiger partial charge in [-0.25, -0.2) is 0 Å². The maximum absolute atomic E-state index is 10.1. The van der Waals surface area contributed by atoms with Gasteiger partial charge in [0.25, 0.3) is 0 Å². The number of benzene rings is 1. The normalized spacial score (nSPS) is 22.6. The zero-order valence-corrected chi connectivity index (χ0v) is 31.2. The van der Waals surface area contributed by atoms with Crippen molar-refractivity contribution in [2.24, 2.45) is 0 Å². The first-order valence-corrected chi connectivity index (χ1v) is 24.1. The van der Waals surface area contributed by atoms with Crippen molar-refractivity contribution in [2.75, 3.05) is 26.9 Å². The zero-order chi connectivity index (χ0) is 31.3. The summed E-state index contributed by atoms with van der Waals surface area (Å²) in [6.07, 6.45) is 13.2. The molecule has 4 unspecified atom stereocenters. The van der Waals surface area contributed by atoms with E-state index >= 15 is 0 Å². The molecule has 0 aromatic heterocycles. The molecule has 42 heavy (non-hydrogen) atoms. The van der Waals surface area contributed by atoms with Crippen molar-refractivity contribution in [1.29, 1.82) is 0 Å². The van der Waals surface area contributed by atoms with Gasteiger partial charge < -0.3 is 24.4 Å². The summed E-state index contributed by atoms with van der Waals surface area (Å²) in [5.41, 5.74) is 0.581. The third kappa shape index (κ3) is 17.9. The van der Waals surface area contributed by atoms with E-state index in [1.54, 1.807) is 0 Å². The first kappa shape index (κ1) is 39.8. The second kappa shape index (κ2) is 22.3. The van der Waals surface area contributed by atoms with E-state index in [2.05, 4.69) is 34.6 Å². The van der Waals surface area contributed by atoms with Crippen molar-refractivity contribution in [3.05, 3.63) is 35.9 Å². The Balaban J connectivity index is 0.000000326. The van der Waals surface area contributed by atoms with Gasteiger partial charge in [-0.3, -0.25) is 0 Å². The van der Waals surface area contributed by atoms with Gasteiger partial charge in [0, 0.05) is 19.4 Å². The van der Waals surface area contributed by atoms with Crippen LogP contribution in [-0.2, 0) is 23.9 Å². The Hall–Kier alpha value is -0.221. The van der Waals surface area contributed by atoms with Crippen molar-refractivity contribution < 1.29 is 27.5 Å². The van der Waals surface area contributed by atoms with E-state index in [-0.39, 0.29) is 24.4 Å². The molecule has 0 amide bonds. The number of aliphatic hydroxyl groups is 2. The molecule has 2 fully saturated rings. The quantitative estimate of drug-likeness (QED) is 0.0808. The van der Waals surface area contributed by atoms with Gasteiger partial charge in [0.15, 0.2) is 0 Å². The van der Waals surface area contributed by atoms with E-state index in [0.717, 1.165) is 31.4 Å². The van der Waals surface area contributed by atoms with Gasteiger partial charge in [-0.2, -0.15) is 0 Å². The third-order valence-corrected chi connectivity index (χ3v) is 21.8. The standard InChI is InChI=1S/C14H20O3.C8H16O2.3C4H9.CH3O.Sn/c1-14(15,9-13-11-17-13)7-8-16-10-12-5-3-2-4-6-12;1-3-4-8(2)5-7(6-9)10-8;3*1-3-4-2;1-2;/h2-6,13,15H,7-11H2,1H3;7,9H,3-6H2,1-2H3;3*1,3-4H2,2H3;1H3;/q;;;;;-1;+1. The van der Waals surface area contributed by atoms with Crippen LogP contribution in [0, 0.1) is 0 Å². The molecule has 2 aliphatic rings. The van der Waals surface area contributed by atoms with Crippen LogP contribution >= 0.6 is 0 Å². The maximum atomic E-state index is 10.1. The van der Waals surface area contributed by atoms with E-state index in [9.17, 15) is 5.11 Å². The Labute approximate surface area is 263 Å². The molecule has 0 saturated carbocycles. The van der Waals surface area contributed by atoms with Crippen LogP contribution < -0.4 is 0 Å². The molecule has 2 saturated heterocycles. The van der Waals surface area contributed by atoms with Gasteiger partial charge in [0.1, 0.15) is 0 Å². The molecular weight excluding hydrogens is 635 g/mol. The molecule has 4 atom stereocenters. The molecule has 1 aromatic carbocycles. The summed E-state index contributed by atoms with van der Waals surface area (Å²) in [7, 11) is 2.00. The van der Waals surface area contributed by atoms with Crippen molar-refractivity contribution in [3.8, 4) is 0 Å². The van der Waals surface area contributed by atoms with Crippen molar-refractivity contribution in [3.63, 3.8) is 0 Å². The molecule has 1 aromatic rings. The first-order valence-electron chi connectivity index (χ1n) is 16.9. The van der Waals surface area contributed by atoms with Crippen LogP contribution in [-0.4, -0.2) is 79.3 Å². The molecule has 0 radical (unpaired) electrons. The molecule has 0 spiro atoms. The zero-order valence-electron chi connectivity index (χ0n) is 28.3. The van der Waals surface area contributed by atoms with Crippen molar-refractivity contribution in [2.45, 2.75) is 155 Å². The Morgan fingerprint density at radius 2 is 1.50 bits per heavy atom. The predicted octanol–water partition coefficient (Wildman–Crippen LogP) is 8.44. The van der Waals surface area contributed by atoms with E-state index in [1.807, 2.05) is 44.4 Å². The SMILES string of the molecule is CC(O)(CCOCc1ccccc1)CC1CO1.CCCC1(C)CC(CO)O1.CCC[CH2][Sn]([CH2]CCC)([CH2]CCC)[O]C. The first-order chi connectivity index (χ1) is 20.1. The van der Waals surface area contributed by atoms with Gasteiger partial charge in [-0.15, -0.1) is 0 Å². The molecular formula is C35H66O6Sn. The average Bonchev–Trinajstić information content (AvgIpc) is 3.78. The molecule has 2 aliphatic heterocycles. The summed E-state index contributed by atoms with van der Waals surface area (Å²) >= 11 is -2.12. The van der Waals surface area contributed by atoms with E-state index in [4.69, 9.17) is 22.4 Å². The molecule has 0 bridgehead atoms. The Morgan fingerprint density at radius 3 is 1.93 bits per heavy atom. The summed E-state index contributed by atoms with van der Waals surface area (Å²) in [6, 6.07) is 10.1. The van der Waals surface area contributed by atoms with Gasteiger partial charge >= 0.3 is 102 Å². The van der Waals surface area contributed by atoms with E-state index < -0.39 is 24.4 Å². The fraction of sp³-hybridized carbons (Fsp3) is 0.829. The fourth-order valence-electron chi connectivity index (χ4n) is 5.68. The Kier molecular flexibility index (Phi) is 21.1. The monoisotopic (exact) mass is 702 g/mol. The fourth-order valence-corrected chi connectivity index (χ4v) is 18.1. The topological polar surface area (TPSA) is 80.7 Å². The van der Waals surface area contributed by atoms with Crippen molar-refractivity contribution >= 4 is 18.8 Å². The van der Waals surface area contributed by atoms with Crippen LogP contribution in [0.3, 0.4) is 0 Å². The van der Waals surface area contributed by atoms with Crippen LogP contribution in [0.25, 0.3) is 0 Å². The van der Waals surface area contributed by atoms with Crippen LogP contribution in [0.4, 0.5) is 0 Å². The van der Waals surface area contributed by atoms with Gasteiger partial charge in [0.05, 0.1) is 43.2 Å². The van der Waals surface area contributed by atoms with Gasteiger partial charge in [0.2, 0.25) is 0 Å². The number of hydrogen-bond donors (Lipinski definition) is 2. The second-order valence-electron chi connectivity index (χ2n) is 13.0. The van der Waals surface area contributed by atoms with Crippen LogP contribution in [0.2, 0.25) is 13.3 Å². The van der Waals surface area contributed by atoms with Crippen LogP contribution in [0.15, 0.2) is 30.3 Å². The molecule has 6 nitrogen and oxygen atoms in total. The second-order valence-corrected chi connectivity index (χ2v) is 25.2. The minimum atomic E-state index is -2.12. The van der Waals surface area contributed by atoms with Crippen LogP contribution in [0.5, 0.6) is 0 Å². The summed E-state index contributed by atoms with van der Waals surface area (Å²) in [5, 5.41) is 18.7. The number of unbranched alkanes of at least 4 members (excludes halogenated alkanes) is 3. The van der Waals surface area contributed by atoms with Gasteiger partial charge in [-0.1, -0.05) is 43.7 Å². The number of epoxide rings is 1. The Bertz CT molecular complexity index is 742. The predicted molar refractivity (Wildman–Crippen MR) is 177 cm³/mol. The van der Waals surface area contributed by atoms with Crippen LogP contribution in [0.1, 0.15) is 118 Å². The molecule has 2 heterocycles. The third-order valence-electron chi connectivity index (χ3n) is 8.45. The van der Waals surface area contributed by atoms with Gasteiger partial charge in [-0.05, 0) is 32.3 Å². The summed E-state index contributed by atoms with van der Waals surface area (Å²) < 4.78 is 26.6. The number of rotatable bonds is 20. The molecule has 246 valence electrons. The minimum absolute atomic E-state index is 0.0855. The number of aliphatic hydroxyl groups excluding tert-OH is 1. The molecule has 0 aliphatic carbocycles. The Morgan fingerprint density at radius 1 is 0.952 bits per heavy atom. The number of ether oxygens (including phenoxy) is 3. The van der Waals surface area contributed by atoms with E-state index in [1.165, 1.54) is 51.8 Å². The summed E-state index contributed by atoms with van der Waals surface area (Å²) in [6.45, 7) is 15.2.